The van der Waals surface area contributed by atoms with E-state index in [0.717, 1.165) is 16.0 Å². The Morgan fingerprint density at radius 1 is 0.737 bits per heavy atom. The number of carbonyl (C=O) groups excluding carboxylic acids is 6. The van der Waals surface area contributed by atoms with Crippen molar-refractivity contribution in [2.75, 3.05) is 20.2 Å². The summed E-state index contributed by atoms with van der Waals surface area (Å²) in [6.45, 7) is 22.4. The lowest BCUT2D eigenvalue weighted by atomic mass is 9.69. The number of hydrogen-bond donors (Lipinski definition) is 8. The maximum atomic E-state index is 14.3. The summed E-state index contributed by atoms with van der Waals surface area (Å²) in [5, 5.41) is 59.4. The van der Waals surface area contributed by atoms with E-state index in [1.165, 1.54) is 14.0 Å². The predicted molar refractivity (Wildman–Crippen MR) is 272 cm³/mol. The van der Waals surface area contributed by atoms with Crippen LogP contribution in [0, 0.1) is 18.8 Å². The number of aryl methyl sites for hydroxylation is 1. The van der Waals surface area contributed by atoms with Gasteiger partial charge in [0, 0.05) is 19.0 Å². The van der Waals surface area contributed by atoms with Gasteiger partial charge in [-0.05, 0) is 134 Å². The van der Waals surface area contributed by atoms with E-state index in [9.17, 15) is 49.2 Å². The molecule has 2 heterocycles. The molecule has 0 radical (unpaired) electrons. The summed E-state index contributed by atoms with van der Waals surface area (Å²) in [6, 6.07) is 2.34. The molecule has 2 aliphatic heterocycles. The van der Waals surface area contributed by atoms with Crippen molar-refractivity contribution in [2.24, 2.45) is 11.8 Å². The molecule has 5 amide bonds. The Morgan fingerprint density at radius 3 is 1.84 bits per heavy atom. The highest BCUT2D eigenvalue weighted by Gasteiger charge is 2.59. The zero-order chi connectivity index (χ0) is 57.1. The second-order valence-corrected chi connectivity index (χ2v) is 24.6. The fourth-order valence-electron chi connectivity index (χ4n) is 9.53. The zero-order valence-corrected chi connectivity index (χ0v) is 46.6. The van der Waals surface area contributed by atoms with Gasteiger partial charge >= 0.3 is 30.3 Å². The first-order valence-corrected chi connectivity index (χ1v) is 25.7. The number of nitrogens with one attached hydrogen (secondary N) is 4. The lowest BCUT2D eigenvalue weighted by molar-refractivity contribution is -0.306. The van der Waals surface area contributed by atoms with E-state index in [1.54, 1.807) is 89.2 Å². The SMILES string of the molecule is Cc1ccc(COC(=O)NCC2=CC[C@@H](NC(=O)OC(C)(C)C)[C@@H](C3[C@@H](NC(=O)OC(C)(C)C)C[C@@H](NC(=O)C4(O)CC(C(=O)OC(C)(C)C)C4)[C@H](O[C@H]4OC[C@](C)(O)[C@H](N(C)C(=O)OC(C)(C)C)[C@H]4O)[C@H]3O)O2)cc1. The molecule has 1 saturated heterocycles. The van der Waals surface area contributed by atoms with Crippen molar-refractivity contribution in [2.45, 2.75) is 218 Å². The molecular formula is C53H83N5O18. The molecule has 23 nitrogen and oxygen atoms in total. The van der Waals surface area contributed by atoms with Gasteiger partial charge in [0.2, 0.25) is 0 Å². The summed E-state index contributed by atoms with van der Waals surface area (Å²) in [7, 11) is 1.31. The number of esters is 1. The topological polar surface area (TPSA) is 309 Å². The average Bonchev–Trinajstić information content (AvgIpc) is 3.24. The van der Waals surface area contributed by atoms with Gasteiger partial charge in [-0.15, -0.1) is 0 Å². The minimum Gasteiger partial charge on any atom is -0.491 e. The Bertz CT molecular complexity index is 2260. The molecule has 0 aromatic heterocycles. The second kappa shape index (κ2) is 23.6. The Kier molecular flexibility index (Phi) is 19.1. The van der Waals surface area contributed by atoms with Gasteiger partial charge in [-0.3, -0.25) is 9.59 Å². The van der Waals surface area contributed by atoms with Gasteiger partial charge in [0.25, 0.3) is 5.91 Å². The van der Waals surface area contributed by atoms with Crippen molar-refractivity contribution in [3.8, 4) is 0 Å². The van der Waals surface area contributed by atoms with E-state index in [1.807, 2.05) is 31.2 Å². The Morgan fingerprint density at radius 2 is 1.29 bits per heavy atom. The van der Waals surface area contributed by atoms with E-state index in [-0.39, 0.29) is 44.6 Å². The molecule has 76 heavy (non-hydrogen) atoms. The number of likely N-dealkylation sites (N-methyl/N-ethyl adjacent to an activating group) is 1. The largest absolute Gasteiger partial charge is 0.491 e. The van der Waals surface area contributed by atoms with Crippen LogP contribution in [0.25, 0.3) is 0 Å². The van der Waals surface area contributed by atoms with Gasteiger partial charge in [-0.1, -0.05) is 29.8 Å². The first kappa shape index (κ1) is 61.4. The molecule has 5 rings (SSSR count). The number of alkyl carbamates (subject to hydrolysis) is 3. The molecule has 2 aliphatic carbocycles. The van der Waals surface area contributed by atoms with Crippen molar-refractivity contribution in [3.63, 3.8) is 0 Å². The minimum absolute atomic E-state index is 0.0253. The molecule has 23 heteroatoms. The Labute approximate surface area is 445 Å². The number of carbonyl (C=O) groups is 6. The van der Waals surface area contributed by atoms with E-state index in [2.05, 4.69) is 21.3 Å². The van der Waals surface area contributed by atoms with Crippen molar-refractivity contribution in [1.82, 2.24) is 26.2 Å². The van der Waals surface area contributed by atoms with Crippen LogP contribution in [-0.4, -0.2) is 170 Å². The molecule has 2 saturated carbocycles. The normalized spacial score (nSPS) is 30.9. The Hall–Kier alpha value is -5.46. The number of aliphatic hydroxyl groups excluding tert-OH is 2. The molecule has 1 aromatic carbocycles. The molecule has 11 atom stereocenters. The van der Waals surface area contributed by atoms with Crippen LogP contribution in [0.4, 0.5) is 19.2 Å². The summed E-state index contributed by atoms with van der Waals surface area (Å²) in [5.41, 5.74) is -6.01. The number of nitrogens with zero attached hydrogens (tertiary/aromatic N) is 1. The predicted octanol–water partition coefficient (Wildman–Crippen LogP) is 4.12. The summed E-state index contributed by atoms with van der Waals surface area (Å²) >= 11 is 0. The van der Waals surface area contributed by atoms with Gasteiger partial charge in [0.1, 0.15) is 64.3 Å². The molecule has 3 fully saturated rings. The molecule has 0 spiro atoms. The number of ether oxygens (including phenoxy) is 8. The maximum absolute atomic E-state index is 14.3. The molecular weight excluding hydrogens is 995 g/mol. The van der Waals surface area contributed by atoms with Crippen LogP contribution in [0.2, 0.25) is 0 Å². The molecule has 4 aliphatic rings. The molecule has 1 aromatic rings. The number of hydrogen-bond acceptors (Lipinski definition) is 18. The van der Waals surface area contributed by atoms with Gasteiger partial charge < -0.3 is 84.5 Å². The third-order valence-corrected chi connectivity index (χ3v) is 12.9. The van der Waals surface area contributed by atoms with Crippen molar-refractivity contribution in [3.05, 3.63) is 47.2 Å². The number of rotatable bonds is 13. The zero-order valence-electron chi connectivity index (χ0n) is 46.6. The smallest absolute Gasteiger partial charge is 0.410 e. The van der Waals surface area contributed by atoms with E-state index in [0.29, 0.717) is 0 Å². The molecule has 1 unspecified atom stereocenters. The lowest BCUT2D eigenvalue weighted by Gasteiger charge is -2.52. The summed E-state index contributed by atoms with van der Waals surface area (Å²) in [6.07, 6.45) is -11.2. The van der Waals surface area contributed by atoms with Gasteiger partial charge in [0.05, 0.1) is 43.3 Å². The fourth-order valence-corrected chi connectivity index (χ4v) is 9.53. The molecule has 428 valence electrons. The van der Waals surface area contributed by atoms with Crippen LogP contribution in [-0.2, 0) is 54.1 Å². The third kappa shape index (κ3) is 17.0. The first-order valence-electron chi connectivity index (χ1n) is 25.7. The number of amides is 5. The van der Waals surface area contributed by atoms with Crippen LogP contribution in [0.5, 0.6) is 0 Å². The molecule has 0 bridgehead atoms. The number of aliphatic hydroxyl groups is 4. The quantitative estimate of drug-likeness (QED) is 0.102. The fraction of sp³-hybridized carbons (Fsp3) is 0.736. The highest BCUT2D eigenvalue weighted by atomic mass is 16.7. The van der Waals surface area contributed by atoms with Crippen LogP contribution >= 0.6 is 0 Å². The maximum Gasteiger partial charge on any atom is 0.410 e. The van der Waals surface area contributed by atoms with Gasteiger partial charge in [-0.25, -0.2) is 19.2 Å². The van der Waals surface area contributed by atoms with E-state index < -0.39 is 143 Å². The van der Waals surface area contributed by atoms with Crippen LogP contribution in [0.3, 0.4) is 0 Å². The summed E-state index contributed by atoms with van der Waals surface area (Å²) in [4.78, 5) is 82.1. The van der Waals surface area contributed by atoms with E-state index in [4.69, 9.17) is 37.9 Å². The van der Waals surface area contributed by atoms with E-state index >= 15 is 0 Å². The van der Waals surface area contributed by atoms with Crippen LogP contribution < -0.4 is 21.3 Å². The van der Waals surface area contributed by atoms with Crippen molar-refractivity contribution < 1.29 is 87.1 Å². The highest BCUT2D eigenvalue weighted by Crippen LogP contribution is 2.42. The Balaban J connectivity index is 1.55. The second-order valence-electron chi connectivity index (χ2n) is 24.6. The third-order valence-electron chi connectivity index (χ3n) is 12.9. The summed E-state index contributed by atoms with van der Waals surface area (Å²) < 4.78 is 46.9. The minimum atomic E-state index is -2.11. The van der Waals surface area contributed by atoms with Crippen molar-refractivity contribution in [1.29, 1.82) is 0 Å². The lowest BCUT2D eigenvalue weighted by Crippen LogP contribution is -2.71. The van der Waals surface area contributed by atoms with Gasteiger partial charge in [-0.2, -0.15) is 0 Å². The van der Waals surface area contributed by atoms with Crippen LogP contribution in [0.1, 0.15) is 127 Å². The monoisotopic (exact) mass is 1080 g/mol. The standard InChI is InChI=1S/C53H83N5O18/c1-28-16-18-29(19-17-28)26-69-44(63)54-25-31-20-21-32(56-45(64)74-49(5,6)7)38(71-31)35-33(57-46(65)75-50(8,9)10)22-34(55-43(62)53(68)23-30(24-53)41(61)73-48(2,3)4)39(36(35)59)72-42-37(60)40(52(14,67)27-70-42)58(15)47(66)76-51(11,12)13/h16-20,30,32-40,42,59-60,67-68H,21-27H2,1-15H3,(H,54,63)(H,55,62)(H,56,64)(H,57,65)/t30?,32-,33+,34-,35?,36+,37-,38+,39+,40-,42-,52+,53?/m1/s1. The van der Waals surface area contributed by atoms with Gasteiger partial charge in [0.15, 0.2) is 6.29 Å². The highest BCUT2D eigenvalue weighted by molar-refractivity contribution is 5.89. The van der Waals surface area contributed by atoms with Crippen molar-refractivity contribution >= 4 is 36.2 Å². The first-order chi connectivity index (χ1) is 34.8. The average molecular weight is 1080 g/mol. The summed E-state index contributed by atoms with van der Waals surface area (Å²) in [5.74, 6) is -3.57. The molecule has 8 N–H and O–H groups in total. The van der Waals surface area contributed by atoms with Crippen LogP contribution in [0.15, 0.2) is 36.1 Å². The number of benzene rings is 1.